The van der Waals surface area contributed by atoms with Gasteiger partial charge in [-0.25, -0.2) is 9.67 Å². The molecule has 21 heavy (non-hydrogen) atoms. The van der Waals surface area contributed by atoms with E-state index in [2.05, 4.69) is 22.3 Å². The van der Waals surface area contributed by atoms with E-state index in [1.54, 1.807) is 6.20 Å². The summed E-state index contributed by atoms with van der Waals surface area (Å²) in [6, 6.07) is 10.2. The van der Waals surface area contributed by atoms with E-state index in [-0.39, 0.29) is 6.04 Å². The minimum atomic E-state index is 0.176. The Bertz CT molecular complexity index is 702. The summed E-state index contributed by atoms with van der Waals surface area (Å²) < 4.78 is 7.33. The van der Waals surface area contributed by atoms with Crippen LogP contribution in [-0.4, -0.2) is 14.8 Å². The highest BCUT2D eigenvalue weighted by molar-refractivity contribution is 5.31. The second-order valence-corrected chi connectivity index (χ2v) is 5.02. The van der Waals surface area contributed by atoms with Crippen molar-refractivity contribution in [3.8, 4) is 5.69 Å². The Balaban J connectivity index is 1.65. The SMILES string of the molecule is Cc1cnc(CNC(C)c2cnn(-c3ccccc3)c2)o1. The highest BCUT2D eigenvalue weighted by atomic mass is 16.4. The third-order valence-electron chi connectivity index (χ3n) is 3.35. The minimum Gasteiger partial charge on any atom is -0.445 e. The monoisotopic (exact) mass is 282 g/mol. The maximum atomic E-state index is 5.45. The van der Waals surface area contributed by atoms with Gasteiger partial charge in [-0.2, -0.15) is 5.10 Å². The van der Waals surface area contributed by atoms with E-state index in [1.807, 2.05) is 54.3 Å². The zero-order chi connectivity index (χ0) is 14.7. The molecular weight excluding hydrogens is 264 g/mol. The van der Waals surface area contributed by atoms with Crippen molar-refractivity contribution in [1.82, 2.24) is 20.1 Å². The largest absolute Gasteiger partial charge is 0.445 e. The zero-order valence-electron chi connectivity index (χ0n) is 12.2. The van der Waals surface area contributed by atoms with Gasteiger partial charge in [-0.3, -0.25) is 0 Å². The van der Waals surface area contributed by atoms with E-state index in [1.165, 1.54) is 0 Å². The number of nitrogens with one attached hydrogen (secondary N) is 1. The van der Waals surface area contributed by atoms with Crippen LogP contribution in [-0.2, 0) is 6.54 Å². The summed E-state index contributed by atoms with van der Waals surface area (Å²) in [5, 5.41) is 7.79. The minimum absolute atomic E-state index is 0.176. The first-order valence-corrected chi connectivity index (χ1v) is 6.97. The first-order valence-electron chi connectivity index (χ1n) is 6.97. The van der Waals surface area contributed by atoms with Crippen molar-refractivity contribution < 1.29 is 4.42 Å². The van der Waals surface area contributed by atoms with Gasteiger partial charge >= 0.3 is 0 Å². The third kappa shape index (κ3) is 3.20. The van der Waals surface area contributed by atoms with Crippen molar-refractivity contribution in [1.29, 1.82) is 0 Å². The van der Waals surface area contributed by atoms with E-state index in [9.17, 15) is 0 Å². The number of hydrogen-bond acceptors (Lipinski definition) is 4. The molecule has 3 rings (SSSR count). The molecule has 0 aliphatic carbocycles. The number of benzene rings is 1. The molecule has 1 aromatic carbocycles. The summed E-state index contributed by atoms with van der Waals surface area (Å²) in [6.07, 6.45) is 5.65. The lowest BCUT2D eigenvalue weighted by Crippen LogP contribution is -2.17. The molecule has 5 nitrogen and oxygen atoms in total. The summed E-state index contributed by atoms with van der Waals surface area (Å²) in [5.74, 6) is 1.53. The normalized spacial score (nSPS) is 12.5. The van der Waals surface area contributed by atoms with Crippen molar-refractivity contribution in [2.24, 2.45) is 0 Å². The van der Waals surface area contributed by atoms with Gasteiger partial charge in [-0.1, -0.05) is 18.2 Å². The van der Waals surface area contributed by atoms with Crippen LogP contribution in [0.4, 0.5) is 0 Å². The van der Waals surface area contributed by atoms with Gasteiger partial charge in [0.2, 0.25) is 5.89 Å². The third-order valence-corrected chi connectivity index (χ3v) is 3.35. The molecule has 0 fully saturated rings. The predicted molar refractivity (Wildman–Crippen MR) is 80.1 cm³/mol. The van der Waals surface area contributed by atoms with Crippen LogP contribution < -0.4 is 5.32 Å². The average Bonchev–Trinajstić information content (AvgIpc) is 3.15. The highest BCUT2D eigenvalue weighted by Crippen LogP contribution is 2.15. The molecular formula is C16H18N4O. The maximum absolute atomic E-state index is 5.45. The van der Waals surface area contributed by atoms with E-state index in [4.69, 9.17) is 4.42 Å². The fourth-order valence-corrected chi connectivity index (χ4v) is 2.12. The second-order valence-electron chi connectivity index (χ2n) is 5.02. The molecule has 0 amide bonds. The Morgan fingerprint density at radius 1 is 1.24 bits per heavy atom. The topological polar surface area (TPSA) is 55.9 Å². The molecule has 3 aromatic rings. The van der Waals surface area contributed by atoms with E-state index in [0.717, 1.165) is 17.0 Å². The summed E-state index contributed by atoms with van der Waals surface area (Å²) in [5.41, 5.74) is 2.18. The van der Waals surface area contributed by atoms with Crippen LogP contribution in [0.3, 0.4) is 0 Å². The van der Waals surface area contributed by atoms with Crippen molar-refractivity contribution in [3.05, 3.63) is 66.1 Å². The fraction of sp³-hybridized carbons (Fsp3) is 0.250. The number of aromatic nitrogens is 3. The van der Waals surface area contributed by atoms with E-state index < -0.39 is 0 Å². The maximum Gasteiger partial charge on any atom is 0.208 e. The van der Waals surface area contributed by atoms with Gasteiger partial charge < -0.3 is 9.73 Å². The molecule has 1 atom stereocenters. The van der Waals surface area contributed by atoms with Crippen LogP contribution >= 0.6 is 0 Å². The van der Waals surface area contributed by atoms with Gasteiger partial charge in [-0.05, 0) is 26.0 Å². The number of nitrogens with zero attached hydrogens (tertiary/aromatic N) is 3. The smallest absolute Gasteiger partial charge is 0.208 e. The number of aryl methyl sites for hydroxylation is 1. The lowest BCUT2D eigenvalue weighted by atomic mass is 10.2. The lowest BCUT2D eigenvalue weighted by molar-refractivity contribution is 0.432. The molecule has 0 aliphatic rings. The van der Waals surface area contributed by atoms with Crippen LogP contribution in [0.25, 0.3) is 5.69 Å². The Morgan fingerprint density at radius 3 is 2.76 bits per heavy atom. The molecule has 108 valence electrons. The summed E-state index contributed by atoms with van der Waals surface area (Å²) in [4.78, 5) is 4.18. The molecule has 2 heterocycles. The standard InChI is InChI=1S/C16H18N4O/c1-12-8-18-16(21-12)10-17-13(2)14-9-19-20(11-14)15-6-4-3-5-7-15/h3-9,11,13,17H,10H2,1-2H3. The number of hydrogen-bond donors (Lipinski definition) is 1. The lowest BCUT2D eigenvalue weighted by Gasteiger charge is -2.09. The Labute approximate surface area is 123 Å². The Morgan fingerprint density at radius 2 is 2.05 bits per heavy atom. The average molecular weight is 282 g/mol. The number of oxazole rings is 1. The highest BCUT2D eigenvalue weighted by Gasteiger charge is 2.10. The van der Waals surface area contributed by atoms with Gasteiger partial charge in [0.25, 0.3) is 0 Å². The summed E-state index contributed by atoms with van der Waals surface area (Å²) in [6.45, 7) is 4.59. The molecule has 0 radical (unpaired) electrons. The molecule has 1 N–H and O–H groups in total. The van der Waals surface area contributed by atoms with Gasteiger partial charge in [0.1, 0.15) is 5.76 Å². The van der Waals surface area contributed by atoms with Crippen LogP contribution in [0.2, 0.25) is 0 Å². The molecule has 0 saturated carbocycles. The van der Waals surface area contributed by atoms with Crippen molar-refractivity contribution in [2.75, 3.05) is 0 Å². The van der Waals surface area contributed by atoms with Crippen molar-refractivity contribution in [2.45, 2.75) is 26.4 Å². The quantitative estimate of drug-likeness (QED) is 0.781. The fourth-order valence-electron chi connectivity index (χ4n) is 2.12. The van der Waals surface area contributed by atoms with Crippen molar-refractivity contribution in [3.63, 3.8) is 0 Å². The van der Waals surface area contributed by atoms with Gasteiger partial charge in [0.05, 0.1) is 24.6 Å². The first kappa shape index (κ1) is 13.6. The summed E-state index contributed by atoms with van der Waals surface area (Å²) in [7, 11) is 0. The molecule has 0 aliphatic heterocycles. The van der Waals surface area contributed by atoms with E-state index in [0.29, 0.717) is 12.4 Å². The Hall–Kier alpha value is -2.40. The van der Waals surface area contributed by atoms with Crippen LogP contribution in [0.5, 0.6) is 0 Å². The first-order chi connectivity index (χ1) is 10.2. The molecule has 0 spiro atoms. The van der Waals surface area contributed by atoms with Gasteiger partial charge in [-0.15, -0.1) is 0 Å². The molecule has 0 bridgehead atoms. The van der Waals surface area contributed by atoms with Crippen molar-refractivity contribution >= 4 is 0 Å². The van der Waals surface area contributed by atoms with E-state index >= 15 is 0 Å². The molecule has 5 heteroatoms. The van der Waals surface area contributed by atoms with Gasteiger partial charge in [0.15, 0.2) is 0 Å². The Kier molecular flexibility index (Phi) is 3.83. The summed E-state index contributed by atoms with van der Waals surface area (Å²) >= 11 is 0. The van der Waals surface area contributed by atoms with Crippen LogP contribution in [0.1, 0.15) is 30.2 Å². The molecule has 1 unspecified atom stereocenters. The predicted octanol–water partition coefficient (Wildman–Crippen LogP) is 3.02. The van der Waals surface area contributed by atoms with Crippen LogP contribution in [0, 0.1) is 6.92 Å². The second kappa shape index (κ2) is 5.93. The number of para-hydroxylation sites is 1. The van der Waals surface area contributed by atoms with Crippen LogP contribution in [0.15, 0.2) is 53.3 Å². The molecule has 0 saturated heterocycles. The zero-order valence-corrected chi connectivity index (χ0v) is 12.2. The molecule has 2 aromatic heterocycles. The van der Waals surface area contributed by atoms with Gasteiger partial charge in [0, 0.05) is 17.8 Å². The number of rotatable bonds is 5.